The minimum Gasteiger partial charge on any atom is -0.376 e. The summed E-state index contributed by atoms with van der Waals surface area (Å²) in [6, 6.07) is 17.0. The monoisotopic (exact) mass is 279 g/mol. The van der Waals surface area contributed by atoms with Crippen molar-refractivity contribution in [3.05, 3.63) is 71.3 Å². The molecule has 0 aliphatic carbocycles. The Labute approximate surface area is 124 Å². The molecule has 2 aromatic rings. The van der Waals surface area contributed by atoms with Crippen LogP contribution in [0.15, 0.2) is 54.6 Å². The van der Waals surface area contributed by atoms with Gasteiger partial charge in [0.15, 0.2) is 0 Å². The molecule has 0 saturated heterocycles. The molecule has 3 nitrogen and oxygen atoms in total. The lowest BCUT2D eigenvalue weighted by Gasteiger charge is -2.04. The Morgan fingerprint density at radius 2 is 1.81 bits per heavy atom. The smallest absolute Gasteiger partial charge is 0.296 e. The molecule has 0 fully saturated rings. The molecule has 0 aliphatic rings. The first-order valence-electron chi connectivity index (χ1n) is 6.73. The van der Waals surface area contributed by atoms with Crippen LogP contribution < -0.4 is 5.32 Å². The van der Waals surface area contributed by atoms with Crippen molar-refractivity contribution in [3.63, 3.8) is 0 Å². The van der Waals surface area contributed by atoms with E-state index in [1.165, 1.54) is 0 Å². The largest absolute Gasteiger partial charge is 0.376 e. The van der Waals surface area contributed by atoms with Crippen LogP contribution in [-0.4, -0.2) is 11.0 Å². The Balaban J connectivity index is 1.89. The van der Waals surface area contributed by atoms with E-state index in [9.17, 15) is 9.90 Å². The number of benzene rings is 2. The van der Waals surface area contributed by atoms with Gasteiger partial charge in [-0.1, -0.05) is 66.1 Å². The highest BCUT2D eigenvalue weighted by atomic mass is 16.3. The molecule has 106 valence electrons. The zero-order chi connectivity index (χ0) is 15.1. The third kappa shape index (κ3) is 4.79. The molecular weight excluding hydrogens is 262 g/mol. The average molecular weight is 279 g/mol. The summed E-state index contributed by atoms with van der Waals surface area (Å²) in [4.78, 5) is 11.6. The third-order valence-electron chi connectivity index (χ3n) is 3.01. The number of aliphatic hydroxyl groups excluding tert-OH is 1. The van der Waals surface area contributed by atoms with Crippen LogP contribution in [0.1, 0.15) is 22.8 Å². The minimum atomic E-state index is -0.951. The lowest BCUT2D eigenvalue weighted by atomic mass is 10.1. The number of nitrogens with one attached hydrogen (secondary N) is 1. The van der Waals surface area contributed by atoms with Gasteiger partial charge in [0.2, 0.25) is 0 Å². The first-order valence-corrected chi connectivity index (χ1v) is 6.73. The van der Waals surface area contributed by atoms with E-state index in [4.69, 9.17) is 0 Å². The lowest BCUT2D eigenvalue weighted by Crippen LogP contribution is -2.20. The highest BCUT2D eigenvalue weighted by Crippen LogP contribution is 2.12. The van der Waals surface area contributed by atoms with Crippen LogP contribution in [0.25, 0.3) is 0 Å². The van der Waals surface area contributed by atoms with Crippen LogP contribution >= 0.6 is 0 Å². The summed E-state index contributed by atoms with van der Waals surface area (Å²) in [6.07, 6.45) is -0.951. The summed E-state index contributed by atoms with van der Waals surface area (Å²) in [5.74, 6) is 4.57. The second kappa shape index (κ2) is 7.28. The van der Waals surface area contributed by atoms with Crippen LogP contribution in [0, 0.1) is 18.8 Å². The van der Waals surface area contributed by atoms with E-state index >= 15 is 0 Å². The number of rotatable bonds is 3. The maximum absolute atomic E-state index is 11.6. The number of hydrogen-bond acceptors (Lipinski definition) is 2. The van der Waals surface area contributed by atoms with Crippen LogP contribution in [-0.2, 0) is 11.3 Å². The fraction of sp³-hybridized carbons (Fsp3) is 0.167. The normalized spacial score (nSPS) is 11.1. The van der Waals surface area contributed by atoms with Crippen molar-refractivity contribution in [1.82, 2.24) is 5.32 Å². The molecular formula is C18H17NO2. The van der Waals surface area contributed by atoms with Gasteiger partial charge in [-0.05, 0) is 24.0 Å². The number of carbonyl (C=O) groups is 1. The van der Waals surface area contributed by atoms with Crippen molar-refractivity contribution in [1.29, 1.82) is 0 Å². The molecule has 0 radical (unpaired) electrons. The SMILES string of the molecule is Cc1ccc(C(O)C#CC(=O)NCc2ccccc2)cc1. The van der Waals surface area contributed by atoms with Crippen molar-refractivity contribution in [2.24, 2.45) is 0 Å². The van der Waals surface area contributed by atoms with Crippen molar-refractivity contribution in [2.75, 3.05) is 0 Å². The second-order valence-electron chi connectivity index (χ2n) is 4.75. The molecule has 0 saturated carbocycles. The van der Waals surface area contributed by atoms with Gasteiger partial charge in [0.05, 0.1) is 0 Å². The summed E-state index contributed by atoms with van der Waals surface area (Å²) in [6.45, 7) is 2.40. The van der Waals surface area contributed by atoms with Gasteiger partial charge in [0.1, 0.15) is 6.10 Å². The van der Waals surface area contributed by atoms with Crippen LogP contribution in [0.3, 0.4) is 0 Å². The summed E-state index contributed by atoms with van der Waals surface area (Å²) in [7, 11) is 0. The molecule has 2 N–H and O–H groups in total. The molecule has 2 aromatic carbocycles. The van der Waals surface area contributed by atoms with Gasteiger partial charge in [-0.2, -0.15) is 0 Å². The fourth-order valence-electron chi connectivity index (χ4n) is 1.79. The van der Waals surface area contributed by atoms with Crippen LogP contribution in [0.5, 0.6) is 0 Å². The predicted octanol–water partition coefficient (Wildman–Crippen LogP) is 2.35. The number of hydrogen-bond donors (Lipinski definition) is 2. The van der Waals surface area contributed by atoms with Crippen molar-refractivity contribution < 1.29 is 9.90 Å². The van der Waals surface area contributed by atoms with Gasteiger partial charge in [-0.15, -0.1) is 0 Å². The molecule has 0 aliphatic heterocycles. The number of aryl methyl sites for hydroxylation is 1. The Bertz CT molecular complexity index is 651. The Morgan fingerprint density at radius 3 is 2.48 bits per heavy atom. The molecule has 1 amide bonds. The highest BCUT2D eigenvalue weighted by molar-refractivity contribution is 5.93. The molecule has 1 atom stereocenters. The quantitative estimate of drug-likeness (QED) is 0.847. The third-order valence-corrected chi connectivity index (χ3v) is 3.01. The molecule has 1 unspecified atom stereocenters. The molecule has 0 bridgehead atoms. The van der Waals surface area contributed by atoms with Crippen LogP contribution in [0.2, 0.25) is 0 Å². The predicted molar refractivity (Wildman–Crippen MR) is 82.2 cm³/mol. The van der Waals surface area contributed by atoms with Gasteiger partial charge in [0, 0.05) is 6.54 Å². The number of aliphatic hydroxyl groups is 1. The number of carbonyl (C=O) groups excluding carboxylic acids is 1. The van der Waals surface area contributed by atoms with Crippen molar-refractivity contribution in [3.8, 4) is 11.8 Å². The maximum Gasteiger partial charge on any atom is 0.296 e. The molecule has 0 heterocycles. The summed E-state index contributed by atoms with van der Waals surface area (Å²) in [5.41, 5.74) is 2.80. The first-order chi connectivity index (χ1) is 10.1. The summed E-state index contributed by atoms with van der Waals surface area (Å²) in [5, 5.41) is 12.6. The molecule has 2 rings (SSSR count). The Morgan fingerprint density at radius 1 is 1.14 bits per heavy atom. The molecule has 3 heteroatoms. The fourth-order valence-corrected chi connectivity index (χ4v) is 1.79. The van der Waals surface area contributed by atoms with Gasteiger partial charge >= 0.3 is 0 Å². The molecule has 0 aromatic heterocycles. The van der Waals surface area contributed by atoms with E-state index in [0.717, 1.165) is 11.1 Å². The van der Waals surface area contributed by atoms with Crippen molar-refractivity contribution >= 4 is 5.91 Å². The van der Waals surface area contributed by atoms with Gasteiger partial charge in [0.25, 0.3) is 5.91 Å². The summed E-state index contributed by atoms with van der Waals surface area (Å²) < 4.78 is 0. The second-order valence-corrected chi connectivity index (χ2v) is 4.75. The lowest BCUT2D eigenvalue weighted by molar-refractivity contribution is -0.115. The molecule has 0 spiro atoms. The van der Waals surface area contributed by atoms with Crippen molar-refractivity contribution in [2.45, 2.75) is 19.6 Å². The van der Waals surface area contributed by atoms with Gasteiger partial charge in [-0.3, -0.25) is 4.79 Å². The van der Waals surface area contributed by atoms with Crippen LogP contribution in [0.4, 0.5) is 0 Å². The van der Waals surface area contributed by atoms with E-state index < -0.39 is 12.0 Å². The zero-order valence-corrected chi connectivity index (χ0v) is 11.8. The van der Waals surface area contributed by atoms with E-state index in [2.05, 4.69) is 17.2 Å². The van der Waals surface area contributed by atoms with E-state index in [1.807, 2.05) is 49.4 Å². The van der Waals surface area contributed by atoms with E-state index in [1.54, 1.807) is 12.1 Å². The van der Waals surface area contributed by atoms with Gasteiger partial charge < -0.3 is 10.4 Å². The Hall–Kier alpha value is -2.57. The maximum atomic E-state index is 11.6. The topological polar surface area (TPSA) is 49.3 Å². The highest BCUT2D eigenvalue weighted by Gasteiger charge is 2.03. The number of amides is 1. The average Bonchev–Trinajstić information content (AvgIpc) is 2.52. The standard InChI is InChI=1S/C18H17NO2/c1-14-7-9-16(10-8-14)17(20)11-12-18(21)19-13-15-5-3-2-4-6-15/h2-10,17,20H,13H2,1H3,(H,19,21). The zero-order valence-electron chi connectivity index (χ0n) is 11.8. The van der Waals surface area contributed by atoms with E-state index in [-0.39, 0.29) is 0 Å². The minimum absolute atomic E-state index is 0.398. The molecule has 21 heavy (non-hydrogen) atoms. The first kappa shape index (κ1) is 14.8. The van der Waals surface area contributed by atoms with Gasteiger partial charge in [-0.25, -0.2) is 0 Å². The summed E-state index contributed by atoms with van der Waals surface area (Å²) >= 11 is 0. The Kier molecular flexibility index (Phi) is 5.14. The van der Waals surface area contributed by atoms with E-state index in [0.29, 0.717) is 12.1 Å².